The van der Waals surface area contributed by atoms with Crippen LogP contribution in [0.4, 0.5) is 0 Å². The summed E-state index contributed by atoms with van der Waals surface area (Å²) in [7, 11) is 0. The first-order valence-corrected chi connectivity index (χ1v) is 13.3. The van der Waals surface area contributed by atoms with Crippen LogP contribution in [0.3, 0.4) is 0 Å². The van der Waals surface area contributed by atoms with Gasteiger partial charge in [-0.2, -0.15) is 0 Å². The Labute approximate surface area is 228 Å². The molecule has 0 spiro atoms. The topological polar surface area (TPSA) is 64.6 Å². The van der Waals surface area contributed by atoms with Crippen molar-refractivity contribution in [3.05, 3.63) is 113 Å². The third kappa shape index (κ3) is 11.0. The molecule has 1 aromatic carbocycles. The Morgan fingerprint density at radius 3 is 2.47 bits per heavy atom. The lowest BCUT2D eigenvalue weighted by Crippen LogP contribution is -2.38. The summed E-state index contributed by atoms with van der Waals surface area (Å²) in [5.41, 5.74) is 3.66. The van der Waals surface area contributed by atoms with Gasteiger partial charge in [0.25, 0.3) is 5.91 Å². The standard InChI is InChI=1S/C33H41NO4/c1-5-8-16-32(26(4)12-6-2)33(36)34-29(25-35)23-28-17-19-30(20-18-28)37-21-9-10-22-38-31-15-11-14-27(24-31)13-7-3/h5,8-13,15-20,24-25,29H,6-7,14,21-23H2,1-4H3,(H,34,36)/b8-5-,10-9-,26-12+,27-13+,32-16+. The van der Waals surface area contributed by atoms with E-state index in [1.807, 2.05) is 81.5 Å². The smallest absolute Gasteiger partial charge is 0.252 e. The van der Waals surface area contributed by atoms with Crippen LogP contribution in [0.1, 0.15) is 52.5 Å². The van der Waals surface area contributed by atoms with Gasteiger partial charge in [-0.15, -0.1) is 0 Å². The van der Waals surface area contributed by atoms with Crippen LogP contribution in [0.2, 0.25) is 0 Å². The summed E-state index contributed by atoms with van der Waals surface area (Å²) < 4.78 is 11.6. The van der Waals surface area contributed by atoms with E-state index < -0.39 is 6.04 Å². The molecule has 0 saturated heterocycles. The molecule has 0 aromatic heterocycles. The number of carbonyl (C=O) groups is 2. The molecule has 0 bridgehead atoms. The number of aldehydes is 1. The van der Waals surface area contributed by atoms with E-state index in [4.69, 9.17) is 9.47 Å². The predicted molar refractivity (Wildman–Crippen MR) is 156 cm³/mol. The molecule has 0 saturated carbocycles. The second-order valence-corrected chi connectivity index (χ2v) is 8.90. The van der Waals surface area contributed by atoms with Crippen molar-refractivity contribution in [2.24, 2.45) is 0 Å². The fourth-order valence-corrected chi connectivity index (χ4v) is 3.87. The SMILES string of the molecule is C\C=C/C=C(C(=O)NC(C=O)Cc1ccc(OC/C=C\COC2=C/C(=C/CC)CC=C2)cc1)\C(C)=C\CC. The summed E-state index contributed by atoms with van der Waals surface area (Å²) in [6.07, 6.45) is 23.7. The van der Waals surface area contributed by atoms with E-state index >= 15 is 0 Å². The van der Waals surface area contributed by atoms with Gasteiger partial charge in [-0.25, -0.2) is 0 Å². The minimum Gasteiger partial charge on any atom is -0.490 e. The average Bonchev–Trinajstić information content (AvgIpc) is 2.92. The summed E-state index contributed by atoms with van der Waals surface area (Å²) in [6.45, 7) is 8.86. The van der Waals surface area contributed by atoms with Gasteiger partial charge in [0.05, 0.1) is 6.04 Å². The Kier molecular flexibility index (Phi) is 14.0. The van der Waals surface area contributed by atoms with E-state index in [-0.39, 0.29) is 5.91 Å². The normalized spacial score (nSPS) is 16.1. The highest BCUT2D eigenvalue weighted by atomic mass is 16.5. The molecule has 0 aliphatic heterocycles. The number of hydrogen-bond acceptors (Lipinski definition) is 4. The molecule has 1 amide bonds. The van der Waals surface area contributed by atoms with Crippen LogP contribution in [0.25, 0.3) is 0 Å². The molecule has 38 heavy (non-hydrogen) atoms. The molecule has 0 fully saturated rings. The molecule has 0 heterocycles. The molecule has 1 aliphatic carbocycles. The van der Waals surface area contributed by atoms with Crippen molar-refractivity contribution >= 4 is 12.2 Å². The second kappa shape index (κ2) is 17.6. The minimum absolute atomic E-state index is 0.258. The predicted octanol–water partition coefficient (Wildman–Crippen LogP) is 6.90. The quantitative estimate of drug-likeness (QED) is 0.119. The molecule has 1 atom stereocenters. The van der Waals surface area contributed by atoms with E-state index in [0.29, 0.717) is 25.2 Å². The van der Waals surface area contributed by atoms with Crippen LogP contribution in [0, 0.1) is 0 Å². The number of carbonyl (C=O) groups excluding carboxylic acids is 2. The number of ether oxygens (including phenoxy) is 2. The first kappa shape index (κ1) is 30.4. The van der Waals surface area contributed by atoms with Crippen LogP contribution in [0.5, 0.6) is 5.75 Å². The van der Waals surface area contributed by atoms with Crippen LogP contribution in [-0.2, 0) is 20.7 Å². The van der Waals surface area contributed by atoms with Gasteiger partial charge in [0, 0.05) is 5.57 Å². The second-order valence-electron chi connectivity index (χ2n) is 8.90. The number of amides is 1. The Hall–Kier alpha value is -3.86. The molecule has 1 N–H and O–H groups in total. The summed E-state index contributed by atoms with van der Waals surface area (Å²) in [4.78, 5) is 24.5. The fourth-order valence-electron chi connectivity index (χ4n) is 3.87. The molecule has 1 aliphatic rings. The first-order chi connectivity index (χ1) is 18.5. The van der Waals surface area contributed by atoms with Crippen molar-refractivity contribution in [1.29, 1.82) is 0 Å². The van der Waals surface area contributed by atoms with Crippen molar-refractivity contribution in [1.82, 2.24) is 5.32 Å². The van der Waals surface area contributed by atoms with Gasteiger partial charge in [0.1, 0.15) is 31.0 Å². The van der Waals surface area contributed by atoms with Crippen molar-refractivity contribution < 1.29 is 19.1 Å². The minimum atomic E-state index is -0.622. The largest absolute Gasteiger partial charge is 0.490 e. The molecule has 5 nitrogen and oxygen atoms in total. The maximum absolute atomic E-state index is 12.8. The van der Waals surface area contributed by atoms with Gasteiger partial charge in [-0.05, 0) is 98.8 Å². The third-order valence-corrected chi connectivity index (χ3v) is 5.78. The van der Waals surface area contributed by atoms with Crippen molar-refractivity contribution in [3.8, 4) is 5.75 Å². The van der Waals surface area contributed by atoms with Gasteiger partial charge in [0.2, 0.25) is 0 Å². The Morgan fingerprint density at radius 2 is 1.82 bits per heavy atom. The van der Waals surface area contributed by atoms with Crippen molar-refractivity contribution in [3.63, 3.8) is 0 Å². The van der Waals surface area contributed by atoms with Gasteiger partial charge >= 0.3 is 0 Å². The molecule has 202 valence electrons. The van der Waals surface area contributed by atoms with Crippen LogP contribution < -0.4 is 10.1 Å². The molecule has 2 rings (SSSR count). The van der Waals surface area contributed by atoms with Crippen LogP contribution in [-0.4, -0.2) is 31.4 Å². The zero-order valence-corrected chi connectivity index (χ0v) is 23.1. The lowest BCUT2D eigenvalue weighted by molar-refractivity contribution is -0.120. The van der Waals surface area contributed by atoms with Gasteiger partial charge in [0.15, 0.2) is 0 Å². The summed E-state index contributed by atoms with van der Waals surface area (Å²) in [5, 5.41) is 2.85. The lowest BCUT2D eigenvalue weighted by Gasteiger charge is -2.15. The van der Waals surface area contributed by atoms with E-state index in [9.17, 15) is 9.59 Å². The van der Waals surface area contributed by atoms with E-state index in [1.54, 1.807) is 6.08 Å². The molecular weight excluding hydrogens is 474 g/mol. The lowest BCUT2D eigenvalue weighted by atomic mass is 10.0. The highest BCUT2D eigenvalue weighted by Crippen LogP contribution is 2.18. The Morgan fingerprint density at radius 1 is 1.08 bits per heavy atom. The molecular formula is C33H41NO4. The van der Waals surface area contributed by atoms with Gasteiger partial charge in [-0.1, -0.05) is 56.4 Å². The summed E-state index contributed by atoms with van der Waals surface area (Å²) >= 11 is 0. The molecule has 0 radical (unpaired) electrons. The Bertz CT molecular complexity index is 1110. The number of nitrogens with one attached hydrogen (secondary N) is 1. The highest BCUT2D eigenvalue weighted by molar-refractivity contribution is 5.99. The number of hydrogen-bond donors (Lipinski definition) is 1. The van der Waals surface area contributed by atoms with E-state index in [0.717, 1.165) is 48.2 Å². The number of benzene rings is 1. The summed E-state index contributed by atoms with van der Waals surface area (Å²) in [6, 6.07) is 6.94. The zero-order chi connectivity index (χ0) is 27.6. The van der Waals surface area contributed by atoms with Crippen molar-refractivity contribution in [2.45, 2.75) is 59.4 Å². The average molecular weight is 516 g/mol. The molecule has 5 heteroatoms. The monoisotopic (exact) mass is 515 g/mol. The number of rotatable bonds is 15. The first-order valence-electron chi connectivity index (χ1n) is 13.3. The van der Waals surface area contributed by atoms with Gasteiger partial charge < -0.3 is 19.6 Å². The molecule has 1 unspecified atom stereocenters. The maximum atomic E-state index is 12.8. The van der Waals surface area contributed by atoms with E-state index in [2.05, 4.69) is 30.5 Å². The maximum Gasteiger partial charge on any atom is 0.252 e. The van der Waals surface area contributed by atoms with Crippen LogP contribution in [0.15, 0.2) is 108 Å². The van der Waals surface area contributed by atoms with Gasteiger partial charge in [-0.3, -0.25) is 4.79 Å². The fraction of sp³-hybridized carbons (Fsp3) is 0.333. The molecule has 1 aromatic rings. The number of allylic oxidation sites excluding steroid dienone is 9. The highest BCUT2D eigenvalue weighted by Gasteiger charge is 2.16. The van der Waals surface area contributed by atoms with Crippen molar-refractivity contribution in [2.75, 3.05) is 13.2 Å². The van der Waals surface area contributed by atoms with E-state index in [1.165, 1.54) is 5.57 Å². The zero-order valence-electron chi connectivity index (χ0n) is 23.1. The third-order valence-electron chi connectivity index (χ3n) is 5.78. The van der Waals surface area contributed by atoms with Crippen LogP contribution >= 0.6 is 0 Å². The Balaban J connectivity index is 1.83. The summed E-state index contributed by atoms with van der Waals surface area (Å²) in [5.74, 6) is 1.35.